The lowest BCUT2D eigenvalue weighted by atomic mass is 10.1. The van der Waals surface area contributed by atoms with E-state index in [1.54, 1.807) is 0 Å². The summed E-state index contributed by atoms with van der Waals surface area (Å²) < 4.78 is 66.3. The Labute approximate surface area is 114 Å². The Hall–Kier alpha value is -1.28. The van der Waals surface area contributed by atoms with Gasteiger partial charge < -0.3 is 10.1 Å². The van der Waals surface area contributed by atoms with E-state index in [2.05, 4.69) is 5.32 Å². The van der Waals surface area contributed by atoms with Gasteiger partial charge >= 0.3 is 5.51 Å². The average Bonchev–Trinajstić information content (AvgIpc) is 2.39. The standard InChI is InChI=1S/C12H14F3NO3S/c13-12(14,15)20(17,18)11-6-2-1-5-10(11)19-9-4-3-7-16-8-9/h1-2,5-6,9,16H,3-4,7-8H2. The van der Waals surface area contributed by atoms with Crippen molar-refractivity contribution in [2.45, 2.75) is 29.3 Å². The summed E-state index contributed by atoms with van der Waals surface area (Å²) in [5.41, 5.74) is -5.34. The van der Waals surface area contributed by atoms with Gasteiger partial charge in [0.25, 0.3) is 9.84 Å². The first-order valence-electron chi connectivity index (χ1n) is 6.10. The molecule has 1 aromatic carbocycles. The van der Waals surface area contributed by atoms with E-state index in [4.69, 9.17) is 4.74 Å². The van der Waals surface area contributed by atoms with Gasteiger partial charge in [-0.2, -0.15) is 13.2 Å². The molecule has 2 rings (SSSR count). The van der Waals surface area contributed by atoms with Gasteiger partial charge in [-0.05, 0) is 31.5 Å². The van der Waals surface area contributed by atoms with Crippen molar-refractivity contribution in [3.63, 3.8) is 0 Å². The van der Waals surface area contributed by atoms with Gasteiger partial charge in [-0.1, -0.05) is 12.1 Å². The number of sulfone groups is 1. The number of halogens is 3. The number of ether oxygens (including phenoxy) is 1. The molecule has 1 fully saturated rings. The SMILES string of the molecule is O=S(=O)(c1ccccc1OC1CCCNC1)C(F)(F)F. The van der Waals surface area contributed by atoms with E-state index in [0.717, 1.165) is 19.0 Å². The minimum absolute atomic E-state index is 0.251. The van der Waals surface area contributed by atoms with E-state index >= 15 is 0 Å². The molecule has 1 heterocycles. The summed E-state index contributed by atoms with van der Waals surface area (Å²) in [6.45, 7) is 1.31. The predicted octanol–water partition coefficient (Wildman–Crippen LogP) is 2.11. The number of benzene rings is 1. The molecule has 0 bridgehead atoms. The quantitative estimate of drug-likeness (QED) is 0.929. The second kappa shape index (κ2) is 5.61. The van der Waals surface area contributed by atoms with E-state index < -0.39 is 20.2 Å². The summed E-state index contributed by atoms with van der Waals surface area (Å²) in [5, 5.41) is 3.05. The molecule has 0 spiro atoms. The van der Waals surface area contributed by atoms with Crippen LogP contribution in [-0.2, 0) is 9.84 Å². The molecule has 0 radical (unpaired) electrons. The Kier molecular flexibility index (Phi) is 4.24. The van der Waals surface area contributed by atoms with Crippen LogP contribution in [0.1, 0.15) is 12.8 Å². The Bertz CT molecular complexity index is 566. The van der Waals surface area contributed by atoms with Crippen LogP contribution >= 0.6 is 0 Å². The first-order chi connectivity index (χ1) is 9.32. The fourth-order valence-corrected chi connectivity index (χ4v) is 2.88. The fraction of sp³-hybridized carbons (Fsp3) is 0.500. The molecule has 0 amide bonds. The van der Waals surface area contributed by atoms with Crippen LogP contribution in [0.4, 0.5) is 13.2 Å². The van der Waals surface area contributed by atoms with Crippen LogP contribution in [0.2, 0.25) is 0 Å². The van der Waals surface area contributed by atoms with Gasteiger partial charge in [0.1, 0.15) is 16.7 Å². The molecule has 1 unspecified atom stereocenters. The molecule has 0 aromatic heterocycles. The number of hydrogen-bond acceptors (Lipinski definition) is 4. The first-order valence-corrected chi connectivity index (χ1v) is 7.58. The lowest BCUT2D eigenvalue weighted by Crippen LogP contribution is -2.37. The third-order valence-electron chi connectivity index (χ3n) is 2.99. The third kappa shape index (κ3) is 3.06. The van der Waals surface area contributed by atoms with E-state index in [9.17, 15) is 21.6 Å². The van der Waals surface area contributed by atoms with E-state index in [1.165, 1.54) is 18.2 Å². The van der Waals surface area contributed by atoms with Crippen LogP contribution in [-0.4, -0.2) is 33.1 Å². The van der Waals surface area contributed by atoms with Crippen LogP contribution < -0.4 is 10.1 Å². The van der Waals surface area contributed by atoms with Crippen LogP contribution in [0.3, 0.4) is 0 Å². The Morgan fingerprint density at radius 3 is 2.55 bits per heavy atom. The van der Waals surface area contributed by atoms with Crippen molar-refractivity contribution in [2.24, 2.45) is 0 Å². The highest BCUT2D eigenvalue weighted by Gasteiger charge is 2.48. The molecule has 0 aliphatic carbocycles. The van der Waals surface area contributed by atoms with Gasteiger partial charge in [-0.25, -0.2) is 8.42 Å². The van der Waals surface area contributed by atoms with Crippen molar-refractivity contribution in [1.29, 1.82) is 0 Å². The minimum atomic E-state index is -5.40. The molecule has 1 N–H and O–H groups in total. The first kappa shape index (κ1) is 15.1. The lowest BCUT2D eigenvalue weighted by molar-refractivity contribution is -0.0437. The third-order valence-corrected chi connectivity index (χ3v) is 4.51. The number of rotatable bonds is 3. The van der Waals surface area contributed by atoms with Crippen molar-refractivity contribution < 1.29 is 26.3 Å². The molecule has 8 heteroatoms. The molecule has 1 saturated heterocycles. The van der Waals surface area contributed by atoms with Gasteiger partial charge in [-0.15, -0.1) is 0 Å². The number of nitrogens with one attached hydrogen (secondary N) is 1. The maximum absolute atomic E-state index is 12.6. The summed E-state index contributed by atoms with van der Waals surface area (Å²) in [6.07, 6.45) is 1.18. The normalized spacial score (nSPS) is 20.6. The number of para-hydroxylation sites is 1. The van der Waals surface area contributed by atoms with E-state index in [1.807, 2.05) is 0 Å². The summed E-state index contributed by atoms with van der Waals surface area (Å²) >= 11 is 0. The molecule has 20 heavy (non-hydrogen) atoms. The molecular weight excluding hydrogens is 295 g/mol. The van der Waals surface area contributed by atoms with Gasteiger partial charge in [0, 0.05) is 6.54 Å². The Morgan fingerprint density at radius 2 is 1.95 bits per heavy atom. The Morgan fingerprint density at radius 1 is 1.25 bits per heavy atom. The molecule has 4 nitrogen and oxygen atoms in total. The van der Waals surface area contributed by atoms with Crippen LogP contribution in [0.5, 0.6) is 5.75 Å². The molecule has 0 saturated carbocycles. The molecule has 1 aromatic rings. The van der Waals surface area contributed by atoms with Gasteiger partial charge in [0.15, 0.2) is 0 Å². The highest BCUT2D eigenvalue weighted by Crippen LogP contribution is 2.35. The highest BCUT2D eigenvalue weighted by atomic mass is 32.2. The maximum atomic E-state index is 12.6. The summed E-state index contributed by atoms with van der Waals surface area (Å²) in [6, 6.07) is 4.84. The minimum Gasteiger partial charge on any atom is -0.488 e. The highest BCUT2D eigenvalue weighted by molar-refractivity contribution is 7.92. The molecule has 1 aliphatic rings. The molecule has 1 atom stereocenters. The van der Waals surface area contributed by atoms with Crippen LogP contribution in [0.25, 0.3) is 0 Å². The second-order valence-electron chi connectivity index (χ2n) is 4.48. The predicted molar refractivity (Wildman–Crippen MR) is 66.2 cm³/mol. The maximum Gasteiger partial charge on any atom is 0.502 e. The number of piperidine rings is 1. The van der Waals surface area contributed by atoms with Crippen molar-refractivity contribution in [3.05, 3.63) is 24.3 Å². The summed E-state index contributed by atoms with van der Waals surface area (Å²) in [4.78, 5) is -0.835. The Balaban J connectivity index is 2.31. The number of alkyl halides is 3. The molecule has 1 aliphatic heterocycles. The van der Waals surface area contributed by atoms with Crippen molar-refractivity contribution in [1.82, 2.24) is 5.32 Å². The van der Waals surface area contributed by atoms with Crippen molar-refractivity contribution >= 4 is 9.84 Å². The molecule has 112 valence electrons. The lowest BCUT2D eigenvalue weighted by Gasteiger charge is -2.25. The van der Waals surface area contributed by atoms with Crippen LogP contribution in [0.15, 0.2) is 29.2 Å². The van der Waals surface area contributed by atoms with Crippen molar-refractivity contribution in [3.8, 4) is 5.75 Å². The average molecular weight is 309 g/mol. The van der Waals surface area contributed by atoms with E-state index in [0.29, 0.717) is 13.0 Å². The van der Waals surface area contributed by atoms with E-state index in [-0.39, 0.29) is 11.9 Å². The monoisotopic (exact) mass is 309 g/mol. The smallest absolute Gasteiger partial charge is 0.488 e. The summed E-state index contributed by atoms with van der Waals surface area (Å²) in [5.74, 6) is -0.251. The number of hydrogen-bond donors (Lipinski definition) is 1. The summed E-state index contributed by atoms with van der Waals surface area (Å²) in [7, 11) is -5.40. The zero-order valence-corrected chi connectivity index (χ0v) is 11.3. The molecular formula is C12H14F3NO3S. The van der Waals surface area contributed by atoms with Crippen molar-refractivity contribution in [2.75, 3.05) is 13.1 Å². The zero-order chi connectivity index (χ0) is 14.8. The zero-order valence-electron chi connectivity index (χ0n) is 10.5. The van der Waals surface area contributed by atoms with Crippen LogP contribution in [0, 0.1) is 0 Å². The topological polar surface area (TPSA) is 55.4 Å². The van der Waals surface area contributed by atoms with Gasteiger partial charge in [-0.3, -0.25) is 0 Å². The van der Waals surface area contributed by atoms with Gasteiger partial charge in [0.05, 0.1) is 0 Å². The second-order valence-corrected chi connectivity index (χ2v) is 6.39. The van der Waals surface area contributed by atoms with Gasteiger partial charge in [0.2, 0.25) is 0 Å². The largest absolute Gasteiger partial charge is 0.502 e. The fourth-order valence-electron chi connectivity index (χ4n) is 1.99.